The van der Waals surface area contributed by atoms with Crippen LogP contribution in [0, 0.1) is 10.1 Å². The highest BCUT2D eigenvalue weighted by atomic mass is 35.5. The van der Waals surface area contributed by atoms with E-state index in [2.05, 4.69) is 0 Å². The molecule has 2 aromatic rings. The normalized spacial score (nSPS) is 11.6. The second-order valence-corrected chi connectivity index (χ2v) is 5.39. The van der Waals surface area contributed by atoms with E-state index in [4.69, 9.17) is 21.1 Å². The third-order valence-electron chi connectivity index (χ3n) is 3.24. The molecular formula is C17H16ClNO5. The van der Waals surface area contributed by atoms with Gasteiger partial charge in [0.1, 0.15) is 5.75 Å². The van der Waals surface area contributed by atoms with Crippen LogP contribution in [0.4, 0.5) is 5.69 Å². The average Bonchev–Trinajstić information content (AvgIpc) is 2.56. The molecule has 0 bridgehead atoms. The number of carbonyl (C=O) groups is 1. The molecule has 0 aliphatic carbocycles. The molecule has 0 unspecified atom stereocenters. The summed E-state index contributed by atoms with van der Waals surface area (Å²) in [4.78, 5) is 22.9. The summed E-state index contributed by atoms with van der Waals surface area (Å²) in [6, 6.07) is 10.7. The van der Waals surface area contributed by atoms with Crippen molar-refractivity contribution in [3.63, 3.8) is 0 Å². The lowest BCUT2D eigenvalue weighted by Gasteiger charge is -2.14. The third kappa shape index (κ3) is 4.23. The van der Waals surface area contributed by atoms with Crippen LogP contribution in [0.25, 0.3) is 0 Å². The predicted molar refractivity (Wildman–Crippen MR) is 90.1 cm³/mol. The number of carbonyl (C=O) groups excluding carboxylic acids is 1. The fraction of sp³-hybridized carbons (Fsp3) is 0.235. The number of Topliss-reactive ketones (excluding diaryl/α,β-unsaturated/α-hetero) is 1. The lowest BCUT2D eigenvalue weighted by molar-refractivity contribution is -0.386. The minimum Gasteiger partial charge on any atom is -0.494 e. The van der Waals surface area contributed by atoms with Crippen molar-refractivity contribution in [3.8, 4) is 11.5 Å². The first-order valence-electron chi connectivity index (χ1n) is 7.30. The Morgan fingerprint density at radius 3 is 2.50 bits per heavy atom. The molecule has 0 heterocycles. The summed E-state index contributed by atoms with van der Waals surface area (Å²) in [6.45, 7) is 3.94. The third-order valence-corrected chi connectivity index (χ3v) is 3.48. The van der Waals surface area contributed by atoms with E-state index in [-0.39, 0.29) is 22.2 Å². The molecule has 126 valence electrons. The van der Waals surface area contributed by atoms with Crippen LogP contribution < -0.4 is 9.47 Å². The van der Waals surface area contributed by atoms with Crippen molar-refractivity contribution in [1.29, 1.82) is 0 Å². The lowest BCUT2D eigenvalue weighted by atomic mass is 10.1. The van der Waals surface area contributed by atoms with Gasteiger partial charge < -0.3 is 9.47 Å². The quantitative estimate of drug-likeness (QED) is 0.423. The van der Waals surface area contributed by atoms with E-state index in [0.29, 0.717) is 17.9 Å². The monoisotopic (exact) mass is 349 g/mol. The highest BCUT2D eigenvalue weighted by Crippen LogP contribution is 2.31. The summed E-state index contributed by atoms with van der Waals surface area (Å²) in [6.07, 6.45) is -0.886. The zero-order valence-corrected chi connectivity index (χ0v) is 13.9. The van der Waals surface area contributed by atoms with E-state index in [1.165, 1.54) is 25.1 Å². The predicted octanol–water partition coefficient (Wildman–Crippen LogP) is 4.30. The number of nitrogens with zero attached hydrogens (tertiary/aromatic N) is 1. The van der Waals surface area contributed by atoms with Crippen LogP contribution >= 0.6 is 11.6 Å². The molecule has 0 aliphatic heterocycles. The van der Waals surface area contributed by atoms with Gasteiger partial charge in [-0.2, -0.15) is 0 Å². The minimum absolute atomic E-state index is 0.00353. The fourth-order valence-electron chi connectivity index (χ4n) is 2.09. The van der Waals surface area contributed by atoms with Crippen LogP contribution in [0.1, 0.15) is 24.2 Å². The molecular weight excluding hydrogens is 334 g/mol. The van der Waals surface area contributed by atoms with Crippen LogP contribution in [-0.4, -0.2) is 23.4 Å². The summed E-state index contributed by atoms with van der Waals surface area (Å²) in [5.74, 6) is 0.370. The van der Waals surface area contributed by atoms with Gasteiger partial charge in [-0.3, -0.25) is 14.9 Å². The summed E-state index contributed by atoms with van der Waals surface area (Å²) in [7, 11) is 0. The standard InChI is InChI=1S/C17H16ClNO5/c1-3-23-14-7-4-12(5-8-14)17(20)11(2)24-16-9-6-13(18)10-15(16)19(21)22/h4-11H,3H2,1-2H3/t11-/m1/s1. The minimum atomic E-state index is -0.886. The van der Waals surface area contributed by atoms with Gasteiger partial charge in [0.05, 0.1) is 11.5 Å². The first-order chi connectivity index (χ1) is 11.4. The Bertz CT molecular complexity index is 745. The van der Waals surface area contributed by atoms with Gasteiger partial charge in [0.2, 0.25) is 5.78 Å². The van der Waals surface area contributed by atoms with E-state index in [0.717, 1.165) is 0 Å². The van der Waals surface area contributed by atoms with Crippen molar-refractivity contribution < 1.29 is 19.2 Å². The second kappa shape index (κ2) is 7.79. The number of rotatable bonds is 7. The number of nitro groups is 1. The second-order valence-electron chi connectivity index (χ2n) is 4.95. The first kappa shape index (κ1) is 17.7. The molecule has 0 fully saturated rings. The maximum Gasteiger partial charge on any atom is 0.312 e. The molecule has 2 aromatic carbocycles. The highest BCUT2D eigenvalue weighted by molar-refractivity contribution is 6.30. The lowest BCUT2D eigenvalue weighted by Crippen LogP contribution is -2.24. The topological polar surface area (TPSA) is 78.7 Å². The summed E-state index contributed by atoms with van der Waals surface area (Å²) in [5, 5.41) is 11.3. The van der Waals surface area contributed by atoms with Crippen LogP contribution in [0.15, 0.2) is 42.5 Å². The Balaban J connectivity index is 2.16. The molecule has 0 N–H and O–H groups in total. The maximum atomic E-state index is 12.4. The molecule has 0 amide bonds. The van der Waals surface area contributed by atoms with Crippen LogP contribution in [0.5, 0.6) is 11.5 Å². The smallest absolute Gasteiger partial charge is 0.312 e. The number of nitro benzene ring substituents is 1. The molecule has 1 atom stereocenters. The zero-order valence-electron chi connectivity index (χ0n) is 13.2. The first-order valence-corrected chi connectivity index (χ1v) is 7.67. The molecule has 0 aromatic heterocycles. The molecule has 6 nitrogen and oxygen atoms in total. The Hall–Kier alpha value is -2.60. The number of hydrogen-bond donors (Lipinski definition) is 0. The summed E-state index contributed by atoms with van der Waals surface area (Å²) < 4.78 is 10.8. The van der Waals surface area contributed by atoms with E-state index in [1.54, 1.807) is 24.3 Å². The van der Waals surface area contributed by atoms with Gasteiger partial charge in [0.25, 0.3) is 0 Å². The van der Waals surface area contributed by atoms with Crippen LogP contribution in [-0.2, 0) is 0 Å². The average molecular weight is 350 g/mol. The molecule has 0 saturated heterocycles. The largest absolute Gasteiger partial charge is 0.494 e. The molecule has 0 radical (unpaired) electrons. The Morgan fingerprint density at radius 2 is 1.92 bits per heavy atom. The van der Waals surface area contributed by atoms with Crippen molar-refractivity contribution in [2.24, 2.45) is 0 Å². The fourth-order valence-corrected chi connectivity index (χ4v) is 2.26. The number of ketones is 1. The van der Waals surface area contributed by atoms with Crippen LogP contribution in [0.2, 0.25) is 5.02 Å². The van der Waals surface area contributed by atoms with Gasteiger partial charge in [-0.05, 0) is 50.2 Å². The van der Waals surface area contributed by atoms with Crippen LogP contribution in [0.3, 0.4) is 0 Å². The number of hydrogen-bond acceptors (Lipinski definition) is 5. The van der Waals surface area contributed by atoms with Gasteiger partial charge in [-0.1, -0.05) is 11.6 Å². The van der Waals surface area contributed by atoms with E-state index in [9.17, 15) is 14.9 Å². The molecule has 24 heavy (non-hydrogen) atoms. The molecule has 0 saturated carbocycles. The Kier molecular flexibility index (Phi) is 5.76. The van der Waals surface area contributed by atoms with E-state index in [1.807, 2.05) is 6.92 Å². The van der Waals surface area contributed by atoms with Gasteiger partial charge >= 0.3 is 5.69 Å². The molecule has 2 rings (SSSR count). The highest BCUT2D eigenvalue weighted by Gasteiger charge is 2.22. The SMILES string of the molecule is CCOc1ccc(C(=O)[C@@H](C)Oc2ccc(Cl)cc2[N+](=O)[O-])cc1. The maximum absolute atomic E-state index is 12.4. The number of halogens is 1. The van der Waals surface area contributed by atoms with Gasteiger partial charge in [0, 0.05) is 16.7 Å². The van der Waals surface area contributed by atoms with E-state index < -0.39 is 11.0 Å². The summed E-state index contributed by atoms with van der Waals surface area (Å²) in [5.41, 5.74) is 0.149. The molecule has 0 spiro atoms. The molecule has 0 aliphatic rings. The summed E-state index contributed by atoms with van der Waals surface area (Å²) >= 11 is 5.76. The zero-order chi connectivity index (χ0) is 17.7. The van der Waals surface area contributed by atoms with Gasteiger partial charge in [-0.15, -0.1) is 0 Å². The Labute approximate surface area is 144 Å². The van der Waals surface area contributed by atoms with E-state index >= 15 is 0 Å². The van der Waals surface area contributed by atoms with Gasteiger partial charge in [-0.25, -0.2) is 0 Å². The van der Waals surface area contributed by atoms with Crippen molar-refractivity contribution in [1.82, 2.24) is 0 Å². The number of ether oxygens (including phenoxy) is 2. The van der Waals surface area contributed by atoms with Crippen molar-refractivity contribution in [2.45, 2.75) is 20.0 Å². The van der Waals surface area contributed by atoms with Gasteiger partial charge in [0.15, 0.2) is 11.9 Å². The Morgan fingerprint density at radius 1 is 1.25 bits per heavy atom. The number of benzene rings is 2. The van der Waals surface area contributed by atoms with Crippen molar-refractivity contribution in [2.75, 3.05) is 6.61 Å². The van der Waals surface area contributed by atoms with Crippen molar-refractivity contribution in [3.05, 3.63) is 63.2 Å². The molecule has 7 heteroatoms. The van der Waals surface area contributed by atoms with Crippen molar-refractivity contribution >= 4 is 23.1 Å².